The number of thiazole rings is 1. The van der Waals surface area contributed by atoms with Crippen molar-refractivity contribution in [2.24, 2.45) is 0 Å². The van der Waals surface area contributed by atoms with Crippen LogP contribution in [-0.2, 0) is 14.8 Å². The van der Waals surface area contributed by atoms with Crippen LogP contribution in [0.1, 0.15) is 21.6 Å². The van der Waals surface area contributed by atoms with Gasteiger partial charge >= 0.3 is 5.97 Å². The average Bonchev–Trinajstić information content (AvgIpc) is 2.91. The second-order valence-corrected chi connectivity index (χ2v) is 7.14. The molecule has 0 unspecified atom stereocenters. The van der Waals surface area contributed by atoms with E-state index in [0.29, 0.717) is 5.69 Å². The third kappa shape index (κ3) is 3.22. The summed E-state index contributed by atoms with van der Waals surface area (Å²) in [5, 5.41) is 0. The van der Waals surface area contributed by atoms with Gasteiger partial charge in [-0.3, -0.25) is 4.72 Å². The maximum absolute atomic E-state index is 12.4. The molecule has 0 atom stereocenters. The molecule has 0 aliphatic carbocycles. The monoisotopic (exact) mass is 326 g/mol. The number of esters is 1. The Morgan fingerprint density at radius 3 is 2.67 bits per heavy atom. The quantitative estimate of drug-likeness (QED) is 0.872. The highest BCUT2D eigenvalue weighted by molar-refractivity contribution is 7.94. The molecule has 1 aromatic carbocycles. The molecule has 1 aromatic heterocycles. The van der Waals surface area contributed by atoms with Crippen molar-refractivity contribution in [3.63, 3.8) is 0 Å². The zero-order chi connectivity index (χ0) is 15.6. The van der Waals surface area contributed by atoms with Crippen molar-refractivity contribution in [3.8, 4) is 0 Å². The van der Waals surface area contributed by atoms with Crippen LogP contribution in [-0.4, -0.2) is 26.5 Å². The standard InChI is InChI=1S/C13H14N2O4S2/c1-8-4-5-10(9(2)6-8)15-21(17,18)13-11(12(16)19-3)14-7-20-13/h4-7,15H,1-3H3. The van der Waals surface area contributed by atoms with Crippen LogP contribution in [0.5, 0.6) is 0 Å². The fourth-order valence-electron chi connectivity index (χ4n) is 1.78. The van der Waals surface area contributed by atoms with E-state index in [0.717, 1.165) is 22.5 Å². The molecule has 0 aliphatic rings. The Bertz CT molecular complexity index is 781. The molecule has 0 saturated heterocycles. The number of ether oxygens (including phenoxy) is 1. The van der Waals surface area contributed by atoms with Gasteiger partial charge in [0, 0.05) is 0 Å². The van der Waals surface area contributed by atoms with E-state index in [9.17, 15) is 13.2 Å². The summed E-state index contributed by atoms with van der Waals surface area (Å²) >= 11 is 0.866. The molecule has 0 bridgehead atoms. The first-order valence-corrected chi connectivity index (χ1v) is 8.33. The Morgan fingerprint density at radius 2 is 2.05 bits per heavy atom. The Morgan fingerprint density at radius 1 is 1.33 bits per heavy atom. The van der Waals surface area contributed by atoms with Crippen LogP contribution in [0, 0.1) is 13.8 Å². The molecule has 0 radical (unpaired) electrons. The van der Waals surface area contributed by atoms with Crippen molar-refractivity contribution in [1.29, 1.82) is 0 Å². The minimum Gasteiger partial charge on any atom is -0.464 e. The molecular formula is C13H14N2O4S2. The number of anilines is 1. The number of aryl methyl sites for hydroxylation is 2. The molecule has 21 heavy (non-hydrogen) atoms. The van der Waals surface area contributed by atoms with Crippen molar-refractivity contribution >= 4 is 33.0 Å². The first kappa shape index (κ1) is 15.5. The van der Waals surface area contributed by atoms with Gasteiger partial charge in [0.15, 0.2) is 9.90 Å². The zero-order valence-electron chi connectivity index (χ0n) is 11.7. The van der Waals surface area contributed by atoms with Crippen LogP contribution in [0.15, 0.2) is 27.9 Å². The topological polar surface area (TPSA) is 85.4 Å². The van der Waals surface area contributed by atoms with E-state index in [-0.39, 0.29) is 9.90 Å². The minimum absolute atomic E-state index is 0.158. The minimum atomic E-state index is -3.89. The van der Waals surface area contributed by atoms with E-state index in [2.05, 4.69) is 14.4 Å². The molecule has 2 rings (SSSR count). The van der Waals surface area contributed by atoms with Crippen molar-refractivity contribution in [2.45, 2.75) is 18.1 Å². The van der Waals surface area contributed by atoms with Crippen LogP contribution in [0.25, 0.3) is 0 Å². The van der Waals surface area contributed by atoms with Crippen molar-refractivity contribution in [2.75, 3.05) is 11.8 Å². The Hall–Kier alpha value is -1.93. The average molecular weight is 326 g/mol. The summed E-state index contributed by atoms with van der Waals surface area (Å²) in [6.07, 6.45) is 0. The highest BCUT2D eigenvalue weighted by Crippen LogP contribution is 2.25. The number of sulfonamides is 1. The van der Waals surface area contributed by atoms with Crippen molar-refractivity contribution in [3.05, 3.63) is 40.5 Å². The number of aromatic nitrogens is 1. The van der Waals surface area contributed by atoms with Gasteiger partial charge < -0.3 is 4.74 Å². The van der Waals surface area contributed by atoms with Gasteiger partial charge in [0.1, 0.15) is 0 Å². The number of hydrogen-bond donors (Lipinski definition) is 1. The van der Waals surface area contributed by atoms with Crippen molar-refractivity contribution < 1.29 is 17.9 Å². The molecule has 0 aliphatic heterocycles. The Labute approximate surface area is 126 Å². The smallest absolute Gasteiger partial charge is 0.358 e. The van der Waals surface area contributed by atoms with E-state index < -0.39 is 16.0 Å². The van der Waals surface area contributed by atoms with Gasteiger partial charge in [-0.05, 0) is 25.5 Å². The third-order valence-electron chi connectivity index (χ3n) is 2.78. The van der Waals surface area contributed by atoms with E-state index >= 15 is 0 Å². The molecule has 0 spiro atoms. The van der Waals surface area contributed by atoms with Crippen LogP contribution >= 0.6 is 11.3 Å². The summed E-state index contributed by atoms with van der Waals surface area (Å²) in [5.74, 6) is -0.780. The number of hydrogen-bond acceptors (Lipinski definition) is 6. The predicted molar refractivity (Wildman–Crippen MR) is 80.2 cm³/mol. The predicted octanol–water partition coefficient (Wildman–Crippen LogP) is 2.35. The highest BCUT2D eigenvalue weighted by atomic mass is 32.2. The van der Waals surface area contributed by atoms with Gasteiger partial charge in [0.25, 0.3) is 10.0 Å². The van der Waals surface area contributed by atoms with E-state index in [4.69, 9.17) is 0 Å². The van der Waals surface area contributed by atoms with Gasteiger partial charge in [-0.15, -0.1) is 11.3 Å². The lowest BCUT2D eigenvalue weighted by Crippen LogP contribution is -2.16. The fourth-order valence-corrected chi connectivity index (χ4v) is 4.04. The van der Waals surface area contributed by atoms with Crippen LogP contribution < -0.4 is 4.72 Å². The van der Waals surface area contributed by atoms with Crippen LogP contribution in [0.3, 0.4) is 0 Å². The second kappa shape index (κ2) is 5.82. The van der Waals surface area contributed by atoms with E-state index in [1.54, 1.807) is 19.1 Å². The summed E-state index contributed by atoms with van der Waals surface area (Å²) in [6, 6.07) is 5.35. The highest BCUT2D eigenvalue weighted by Gasteiger charge is 2.26. The number of benzene rings is 1. The molecule has 0 fully saturated rings. The largest absolute Gasteiger partial charge is 0.464 e. The number of nitrogens with zero attached hydrogens (tertiary/aromatic N) is 1. The molecule has 1 N–H and O–H groups in total. The van der Waals surface area contributed by atoms with Crippen LogP contribution in [0.2, 0.25) is 0 Å². The van der Waals surface area contributed by atoms with Gasteiger partial charge in [0.2, 0.25) is 0 Å². The second-order valence-electron chi connectivity index (χ2n) is 4.40. The summed E-state index contributed by atoms with van der Waals surface area (Å²) in [4.78, 5) is 15.3. The van der Waals surface area contributed by atoms with Crippen molar-refractivity contribution in [1.82, 2.24) is 4.98 Å². The summed E-state index contributed by atoms with van der Waals surface area (Å²) in [7, 11) is -2.71. The summed E-state index contributed by atoms with van der Waals surface area (Å²) in [5.41, 5.74) is 3.37. The molecule has 0 saturated carbocycles. The number of rotatable bonds is 4. The Balaban J connectivity index is 2.39. The summed E-state index contributed by atoms with van der Waals surface area (Å²) in [6.45, 7) is 3.72. The van der Waals surface area contributed by atoms with Gasteiger partial charge in [-0.1, -0.05) is 17.7 Å². The molecular weight excluding hydrogens is 312 g/mol. The van der Waals surface area contributed by atoms with E-state index in [1.807, 2.05) is 13.0 Å². The summed E-state index contributed by atoms with van der Waals surface area (Å²) < 4.78 is 31.6. The SMILES string of the molecule is COC(=O)c1ncsc1S(=O)(=O)Nc1ccc(C)cc1C. The molecule has 112 valence electrons. The first-order chi connectivity index (χ1) is 9.85. The zero-order valence-corrected chi connectivity index (χ0v) is 13.3. The van der Waals surface area contributed by atoms with Gasteiger partial charge in [0.05, 0.1) is 18.3 Å². The molecule has 0 amide bonds. The number of carbonyl (C=O) groups is 1. The fraction of sp³-hybridized carbons (Fsp3) is 0.231. The van der Waals surface area contributed by atoms with E-state index in [1.165, 1.54) is 12.6 Å². The van der Waals surface area contributed by atoms with Crippen LogP contribution in [0.4, 0.5) is 5.69 Å². The maximum atomic E-state index is 12.4. The lowest BCUT2D eigenvalue weighted by molar-refractivity contribution is 0.0590. The third-order valence-corrected chi connectivity index (χ3v) is 5.52. The molecule has 2 aromatic rings. The first-order valence-electron chi connectivity index (χ1n) is 5.97. The lowest BCUT2D eigenvalue weighted by Gasteiger charge is -2.10. The number of methoxy groups -OCH3 is 1. The number of nitrogens with one attached hydrogen (secondary N) is 1. The lowest BCUT2D eigenvalue weighted by atomic mass is 10.1. The Kier molecular flexibility index (Phi) is 4.29. The molecule has 8 heteroatoms. The normalized spacial score (nSPS) is 11.2. The van der Waals surface area contributed by atoms with Gasteiger partial charge in [-0.25, -0.2) is 18.2 Å². The van der Waals surface area contributed by atoms with Gasteiger partial charge in [-0.2, -0.15) is 0 Å². The maximum Gasteiger partial charge on any atom is 0.358 e. The molecule has 6 nitrogen and oxygen atoms in total. The number of carbonyl (C=O) groups excluding carboxylic acids is 1. The molecule has 1 heterocycles.